The number of carbonyl (C=O) groups is 1. The van der Waals surface area contributed by atoms with Gasteiger partial charge in [0.05, 0.1) is 23.0 Å². The van der Waals surface area contributed by atoms with Crippen molar-refractivity contribution >= 4 is 22.6 Å². The fourth-order valence-electron chi connectivity index (χ4n) is 3.18. The number of non-ortho nitro benzene ring substituents is 1. The van der Waals surface area contributed by atoms with E-state index in [0.29, 0.717) is 18.0 Å². The fraction of sp³-hybridized carbons (Fsp3) is 0.529. The molecule has 0 N–H and O–H groups in total. The van der Waals surface area contributed by atoms with Gasteiger partial charge < -0.3 is 14.2 Å². The van der Waals surface area contributed by atoms with Gasteiger partial charge in [-0.3, -0.25) is 10.1 Å². The molecule has 8 heteroatoms. The minimum absolute atomic E-state index is 0.0521. The van der Waals surface area contributed by atoms with Crippen molar-refractivity contribution in [2.75, 3.05) is 19.7 Å². The molecule has 3 rings (SSSR count). The van der Waals surface area contributed by atoms with Crippen molar-refractivity contribution in [3.05, 3.63) is 34.0 Å². The van der Waals surface area contributed by atoms with Gasteiger partial charge in [0, 0.05) is 18.7 Å². The van der Waals surface area contributed by atoms with Gasteiger partial charge in [0.2, 0.25) is 0 Å². The molecule has 0 radical (unpaired) electrons. The Balaban J connectivity index is 1.54. The van der Waals surface area contributed by atoms with Crippen molar-refractivity contribution in [1.29, 1.82) is 0 Å². The van der Waals surface area contributed by atoms with Gasteiger partial charge in [-0.15, -0.1) is 0 Å². The SMILES string of the molecule is C[C@@H]1CCCCN1CCCOC(=O)c1noc2cc([N+](=O)[O-])ccc12. The van der Waals surface area contributed by atoms with Gasteiger partial charge in [0.25, 0.3) is 5.69 Å². The van der Waals surface area contributed by atoms with Gasteiger partial charge in [0.15, 0.2) is 11.3 Å². The highest BCUT2D eigenvalue weighted by Gasteiger charge is 2.21. The number of aromatic nitrogens is 1. The first-order valence-corrected chi connectivity index (χ1v) is 8.51. The number of hydrogen-bond acceptors (Lipinski definition) is 7. The molecule has 8 nitrogen and oxygen atoms in total. The number of fused-ring (bicyclic) bond motifs is 1. The molecule has 1 aliphatic rings. The molecule has 25 heavy (non-hydrogen) atoms. The quantitative estimate of drug-likeness (QED) is 0.342. The number of hydrogen-bond donors (Lipinski definition) is 0. The van der Waals surface area contributed by atoms with Crippen LogP contribution >= 0.6 is 0 Å². The van der Waals surface area contributed by atoms with Gasteiger partial charge >= 0.3 is 5.97 Å². The average Bonchev–Trinajstić information content (AvgIpc) is 3.03. The maximum atomic E-state index is 12.2. The van der Waals surface area contributed by atoms with E-state index in [9.17, 15) is 14.9 Å². The molecule has 0 aliphatic carbocycles. The van der Waals surface area contributed by atoms with E-state index in [1.807, 2.05) is 0 Å². The number of esters is 1. The van der Waals surface area contributed by atoms with Gasteiger partial charge in [-0.05, 0) is 38.8 Å². The van der Waals surface area contributed by atoms with Gasteiger partial charge in [-0.1, -0.05) is 11.6 Å². The van der Waals surface area contributed by atoms with Crippen LogP contribution < -0.4 is 0 Å². The summed E-state index contributed by atoms with van der Waals surface area (Å²) in [5.41, 5.74) is 0.138. The Hall–Kier alpha value is -2.48. The second-order valence-corrected chi connectivity index (χ2v) is 6.34. The second-order valence-electron chi connectivity index (χ2n) is 6.34. The van der Waals surface area contributed by atoms with E-state index in [4.69, 9.17) is 9.26 Å². The van der Waals surface area contributed by atoms with Crippen LogP contribution in [-0.2, 0) is 4.74 Å². The molecule has 0 amide bonds. The largest absolute Gasteiger partial charge is 0.461 e. The van der Waals surface area contributed by atoms with Crippen molar-refractivity contribution in [3.8, 4) is 0 Å². The Morgan fingerprint density at radius 1 is 1.48 bits per heavy atom. The normalized spacial score (nSPS) is 18.4. The van der Waals surface area contributed by atoms with Crippen LogP contribution in [0.3, 0.4) is 0 Å². The number of carbonyl (C=O) groups excluding carboxylic acids is 1. The van der Waals surface area contributed by atoms with Crippen molar-refractivity contribution < 1.29 is 19.0 Å². The highest BCUT2D eigenvalue weighted by molar-refractivity contribution is 6.01. The summed E-state index contributed by atoms with van der Waals surface area (Å²) in [6.07, 6.45) is 4.49. The van der Waals surface area contributed by atoms with Crippen molar-refractivity contribution in [1.82, 2.24) is 10.1 Å². The molecule has 1 aliphatic heterocycles. The Morgan fingerprint density at radius 3 is 3.08 bits per heavy atom. The lowest BCUT2D eigenvalue weighted by molar-refractivity contribution is -0.384. The molecule has 0 saturated carbocycles. The number of nitro groups is 1. The predicted molar refractivity (Wildman–Crippen MR) is 90.4 cm³/mol. The molecule has 134 valence electrons. The van der Waals surface area contributed by atoms with E-state index >= 15 is 0 Å². The van der Waals surface area contributed by atoms with Gasteiger partial charge in [-0.2, -0.15) is 0 Å². The monoisotopic (exact) mass is 347 g/mol. The third-order valence-corrected chi connectivity index (χ3v) is 4.62. The van der Waals surface area contributed by atoms with Crippen LogP contribution in [0, 0.1) is 10.1 Å². The van der Waals surface area contributed by atoms with E-state index < -0.39 is 10.9 Å². The molecule has 0 bridgehead atoms. The van der Waals surface area contributed by atoms with E-state index in [-0.39, 0.29) is 17.0 Å². The molecule has 0 unspecified atom stereocenters. The molecule has 2 aromatic rings. The summed E-state index contributed by atoms with van der Waals surface area (Å²) < 4.78 is 10.3. The number of piperidine rings is 1. The van der Waals surface area contributed by atoms with Crippen LogP contribution in [0.2, 0.25) is 0 Å². The van der Waals surface area contributed by atoms with E-state index in [0.717, 1.165) is 19.5 Å². The predicted octanol–water partition coefficient (Wildman–Crippen LogP) is 3.16. The van der Waals surface area contributed by atoms with Crippen LogP contribution in [-0.4, -0.2) is 46.7 Å². The summed E-state index contributed by atoms with van der Waals surface area (Å²) in [5, 5.41) is 14.9. The zero-order valence-corrected chi connectivity index (χ0v) is 14.1. The number of rotatable bonds is 6. The smallest absolute Gasteiger partial charge is 0.361 e. The minimum Gasteiger partial charge on any atom is -0.461 e. The molecular formula is C17H21N3O5. The van der Waals surface area contributed by atoms with E-state index in [1.165, 1.54) is 37.5 Å². The summed E-state index contributed by atoms with van der Waals surface area (Å²) in [7, 11) is 0. The number of benzene rings is 1. The number of nitro benzene ring substituents is 1. The lowest BCUT2D eigenvalue weighted by Crippen LogP contribution is -2.38. The van der Waals surface area contributed by atoms with Crippen LogP contribution in [0.25, 0.3) is 11.0 Å². The van der Waals surface area contributed by atoms with Crippen molar-refractivity contribution in [2.24, 2.45) is 0 Å². The van der Waals surface area contributed by atoms with E-state index in [2.05, 4.69) is 17.0 Å². The summed E-state index contributed by atoms with van der Waals surface area (Å²) in [4.78, 5) is 24.8. The zero-order chi connectivity index (χ0) is 17.8. The van der Waals surface area contributed by atoms with Gasteiger partial charge in [0.1, 0.15) is 0 Å². The van der Waals surface area contributed by atoms with Gasteiger partial charge in [-0.25, -0.2) is 4.79 Å². The highest BCUT2D eigenvalue weighted by Crippen LogP contribution is 2.24. The van der Waals surface area contributed by atoms with Crippen LogP contribution in [0.15, 0.2) is 22.7 Å². The standard InChI is InChI=1S/C17H21N3O5/c1-12-5-2-3-8-19(12)9-4-10-24-17(21)16-14-7-6-13(20(22)23)11-15(14)25-18-16/h6-7,11-12H,2-5,8-10H2,1H3/t12-/m1/s1. The van der Waals surface area contributed by atoms with E-state index in [1.54, 1.807) is 0 Å². The van der Waals surface area contributed by atoms with Crippen LogP contribution in [0.1, 0.15) is 43.1 Å². The topological polar surface area (TPSA) is 98.7 Å². The maximum Gasteiger partial charge on any atom is 0.361 e. The summed E-state index contributed by atoms with van der Waals surface area (Å²) in [6.45, 7) is 4.54. The molecule has 1 aromatic carbocycles. The van der Waals surface area contributed by atoms with Crippen molar-refractivity contribution in [3.63, 3.8) is 0 Å². The molecule has 1 saturated heterocycles. The van der Waals surface area contributed by atoms with Crippen molar-refractivity contribution in [2.45, 2.75) is 38.6 Å². The third kappa shape index (κ3) is 3.96. The first kappa shape index (κ1) is 17.3. The lowest BCUT2D eigenvalue weighted by Gasteiger charge is -2.33. The number of likely N-dealkylation sites (tertiary alicyclic amines) is 1. The summed E-state index contributed by atoms with van der Waals surface area (Å²) in [6, 6.07) is 4.60. The summed E-state index contributed by atoms with van der Waals surface area (Å²) >= 11 is 0. The van der Waals surface area contributed by atoms with Crippen LogP contribution in [0.4, 0.5) is 5.69 Å². The highest BCUT2D eigenvalue weighted by atomic mass is 16.6. The Morgan fingerprint density at radius 2 is 2.32 bits per heavy atom. The lowest BCUT2D eigenvalue weighted by atomic mass is 10.0. The zero-order valence-electron chi connectivity index (χ0n) is 14.1. The van der Waals surface area contributed by atoms with Crippen LogP contribution in [0.5, 0.6) is 0 Å². The molecule has 0 spiro atoms. The Bertz CT molecular complexity index is 773. The number of nitrogens with zero attached hydrogens (tertiary/aromatic N) is 3. The number of ether oxygens (including phenoxy) is 1. The molecule has 1 fully saturated rings. The minimum atomic E-state index is -0.570. The second kappa shape index (κ2) is 7.60. The average molecular weight is 347 g/mol. The maximum absolute atomic E-state index is 12.2. The Kier molecular flexibility index (Phi) is 5.28. The Labute approximate surface area is 144 Å². The molecule has 2 heterocycles. The molecule has 1 aromatic heterocycles. The molecule has 1 atom stereocenters. The molecular weight excluding hydrogens is 326 g/mol. The fourth-order valence-corrected chi connectivity index (χ4v) is 3.18. The third-order valence-electron chi connectivity index (χ3n) is 4.62. The summed E-state index contributed by atoms with van der Waals surface area (Å²) in [5.74, 6) is -0.570. The first-order chi connectivity index (χ1) is 12.1. The first-order valence-electron chi connectivity index (χ1n) is 8.51.